The van der Waals surface area contributed by atoms with Gasteiger partial charge in [-0.2, -0.15) is 0 Å². The average molecular weight is 305 g/mol. The van der Waals surface area contributed by atoms with Gasteiger partial charge in [-0.25, -0.2) is 4.39 Å². The Morgan fingerprint density at radius 2 is 1.68 bits per heavy atom. The lowest BCUT2D eigenvalue weighted by atomic mass is 9.76. The normalized spacial score (nSPS) is 21.6. The Morgan fingerprint density at radius 3 is 2.23 bits per heavy atom. The highest BCUT2D eigenvalue weighted by Crippen LogP contribution is 2.34. The van der Waals surface area contributed by atoms with E-state index in [4.69, 9.17) is 0 Å². The third-order valence-corrected chi connectivity index (χ3v) is 4.30. The Hall–Kier alpha value is -2.17. The predicted molar refractivity (Wildman–Crippen MR) is 80.5 cm³/mol. The molecule has 118 valence electrons. The molecule has 2 atom stereocenters. The van der Waals surface area contributed by atoms with Gasteiger partial charge in [0.25, 0.3) is 0 Å². The van der Waals surface area contributed by atoms with Crippen LogP contribution in [0.3, 0.4) is 0 Å². The largest absolute Gasteiger partial charge is 0.481 e. The number of benzene rings is 1. The van der Waals surface area contributed by atoms with Crippen LogP contribution in [0.2, 0.25) is 0 Å². The highest BCUT2D eigenvalue weighted by atomic mass is 19.1. The van der Waals surface area contributed by atoms with E-state index in [1.165, 1.54) is 12.1 Å². The first-order valence-corrected chi connectivity index (χ1v) is 7.28. The average Bonchev–Trinajstić information content (AvgIpc) is 2.48. The molecule has 2 rings (SSSR count). The maximum atomic E-state index is 12.8. The van der Waals surface area contributed by atoms with Gasteiger partial charge in [0.1, 0.15) is 5.82 Å². The minimum Gasteiger partial charge on any atom is -0.481 e. The van der Waals surface area contributed by atoms with Crippen molar-refractivity contribution in [3.05, 3.63) is 46.8 Å². The molecule has 0 fully saturated rings. The van der Waals surface area contributed by atoms with Crippen molar-refractivity contribution >= 4 is 11.9 Å². The first kappa shape index (κ1) is 16.2. The van der Waals surface area contributed by atoms with Gasteiger partial charge in [0, 0.05) is 6.54 Å². The van der Waals surface area contributed by atoms with Gasteiger partial charge >= 0.3 is 5.97 Å². The van der Waals surface area contributed by atoms with Crippen molar-refractivity contribution in [3.8, 4) is 0 Å². The molecule has 0 heterocycles. The van der Waals surface area contributed by atoms with Gasteiger partial charge in [-0.1, -0.05) is 23.3 Å². The number of halogens is 1. The van der Waals surface area contributed by atoms with Crippen molar-refractivity contribution in [1.82, 2.24) is 5.32 Å². The molecule has 1 aromatic rings. The molecule has 1 aliphatic rings. The molecule has 4 nitrogen and oxygen atoms in total. The molecule has 0 spiro atoms. The summed E-state index contributed by atoms with van der Waals surface area (Å²) in [5.41, 5.74) is 2.91. The van der Waals surface area contributed by atoms with Crippen LogP contribution in [-0.2, 0) is 16.1 Å². The van der Waals surface area contributed by atoms with Crippen molar-refractivity contribution in [3.63, 3.8) is 0 Å². The van der Waals surface area contributed by atoms with E-state index >= 15 is 0 Å². The summed E-state index contributed by atoms with van der Waals surface area (Å²) in [6.07, 6.45) is 0.883. The quantitative estimate of drug-likeness (QED) is 0.841. The van der Waals surface area contributed by atoms with Gasteiger partial charge in [0.2, 0.25) is 5.91 Å². The minimum absolute atomic E-state index is 0.261. The van der Waals surface area contributed by atoms with Crippen molar-refractivity contribution < 1.29 is 19.1 Å². The van der Waals surface area contributed by atoms with Crippen LogP contribution in [0.4, 0.5) is 4.39 Å². The fraction of sp³-hybridized carbons (Fsp3) is 0.412. The molecule has 2 N–H and O–H groups in total. The molecule has 1 amide bonds. The van der Waals surface area contributed by atoms with Crippen LogP contribution in [-0.4, -0.2) is 17.0 Å². The summed E-state index contributed by atoms with van der Waals surface area (Å²) < 4.78 is 12.8. The van der Waals surface area contributed by atoms with Crippen molar-refractivity contribution in [2.75, 3.05) is 0 Å². The monoisotopic (exact) mass is 305 g/mol. The van der Waals surface area contributed by atoms with Crippen LogP contribution in [0.25, 0.3) is 0 Å². The second-order valence-corrected chi connectivity index (χ2v) is 5.86. The molecule has 0 unspecified atom stereocenters. The zero-order valence-electron chi connectivity index (χ0n) is 12.7. The van der Waals surface area contributed by atoms with Gasteiger partial charge in [0.15, 0.2) is 0 Å². The molecule has 0 saturated carbocycles. The number of amides is 1. The molecule has 1 aromatic carbocycles. The van der Waals surface area contributed by atoms with Gasteiger partial charge in [-0.05, 0) is 44.4 Å². The SMILES string of the molecule is CC1=C(C)C[C@@H](C(=O)NCc2ccc(F)cc2)[C@H](C(=O)O)C1. The molecule has 0 bridgehead atoms. The van der Waals surface area contributed by atoms with Crippen LogP contribution in [0.15, 0.2) is 35.4 Å². The summed E-state index contributed by atoms with van der Waals surface area (Å²) in [5, 5.41) is 12.1. The number of hydrogen-bond acceptors (Lipinski definition) is 2. The lowest BCUT2D eigenvalue weighted by Crippen LogP contribution is -2.39. The van der Waals surface area contributed by atoms with E-state index in [9.17, 15) is 19.1 Å². The van der Waals surface area contributed by atoms with Crippen LogP contribution in [0, 0.1) is 17.7 Å². The van der Waals surface area contributed by atoms with E-state index in [0.29, 0.717) is 12.8 Å². The Balaban J connectivity index is 2.04. The number of rotatable bonds is 4. The lowest BCUT2D eigenvalue weighted by Gasteiger charge is -2.29. The van der Waals surface area contributed by atoms with Gasteiger partial charge in [-0.15, -0.1) is 0 Å². The minimum atomic E-state index is -0.936. The Bertz CT molecular complexity index is 607. The van der Waals surface area contributed by atoms with E-state index in [1.807, 2.05) is 13.8 Å². The summed E-state index contributed by atoms with van der Waals surface area (Å²) in [6, 6.07) is 5.86. The van der Waals surface area contributed by atoms with Gasteiger partial charge in [0.05, 0.1) is 11.8 Å². The molecule has 0 saturated heterocycles. The van der Waals surface area contributed by atoms with Gasteiger partial charge < -0.3 is 10.4 Å². The molecular formula is C17H20FNO3. The van der Waals surface area contributed by atoms with E-state index < -0.39 is 17.8 Å². The standard InChI is InChI=1S/C17H20FNO3/c1-10-7-14(15(17(21)22)8-11(10)2)16(20)19-9-12-3-5-13(18)6-4-12/h3-6,14-15H,7-9H2,1-2H3,(H,19,20)(H,21,22)/t14-,15-/m1/s1. The van der Waals surface area contributed by atoms with E-state index in [2.05, 4.69) is 5.32 Å². The van der Waals surface area contributed by atoms with Crippen molar-refractivity contribution in [2.45, 2.75) is 33.2 Å². The number of nitrogens with one attached hydrogen (secondary N) is 1. The number of hydrogen-bond donors (Lipinski definition) is 2. The zero-order valence-corrected chi connectivity index (χ0v) is 12.7. The van der Waals surface area contributed by atoms with Gasteiger partial charge in [-0.3, -0.25) is 9.59 Å². The van der Waals surface area contributed by atoms with Crippen LogP contribution in [0.5, 0.6) is 0 Å². The molecule has 0 aromatic heterocycles. The summed E-state index contributed by atoms with van der Waals surface area (Å²) in [6.45, 7) is 4.12. The van der Waals surface area contributed by atoms with E-state index in [1.54, 1.807) is 12.1 Å². The number of carbonyl (C=O) groups is 2. The summed E-state index contributed by atoms with van der Waals surface area (Å²) in [4.78, 5) is 23.7. The third-order valence-electron chi connectivity index (χ3n) is 4.30. The number of carboxylic acid groups (broad SMARTS) is 1. The van der Waals surface area contributed by atoms with Crippen molar-refractivity contribution in [2.24, 2.45) is 11.8 Å². The zero-order chi connectivity index (χ0) is 16.3. The lowest BCUT2D eigenvalue weighted by molar-refractivity contribution is -0.147. The van der Waals surface area contributed by atoms with Crippen LogP contribution < -0.4 is 5.32 Å². The molecule has 22 heavy (non-hydrogen) atoms. The summed E-state index contributed by atoms with van der Waals surface area (Å²) in [5.74, 6) is -2.76. The first-order valence-electron chi connectivity index (χ1n) is 7.28. The van der Waals surface area contributed by atoms with Crippen molar-refractivity contribution in [1.29, 1.82) is 0 Å². The molecule has 5 heteroatoms. The summed E-state index contributed by atoms with van der Waals surface area (Å²) >= 11 is 0. The number of carbonyl (C=O) groups excluding carboxylic acids is 1. The fourth-order valence-corrected chi connectivity index (χ4v) is 2.75. The van der Waals surface area contributed by atoms with Crippen LogP contribution >= 0.6 is 0 Å². The Morgan fingerprint density at radius 1 is 1.14 bits per heavy atom. The fourth-order valence-electron chi connectivity index (χ4n) is 2.75. The molecule has 0 radical (unpaired) electrons. The van der Waals surface area contributed by atoms with Crippen LogP contribution in [0.1, 0.15) is 32.3 Å². The number of carboxylic acids is 1. The topological polar surface area (TPSA) is 66.4 Å². The third kappa shape index (κ3) is 3.72. The highest BCUT2D eigenvalue weighted by molar-refractivity contribution is 5.85. The maximum Gasteiger partial charge on any atom is 0.307 e. The second kappa shape index (κ2) is 6.73. The second-order valence-electron chi connectivity index (χ2n) is 5.86. The smallest absolute Gasteiger partial charge is 0.307 e. The Labute approximate surface area is 129 Å². The van der Waals surface area contributed by atoms with E-state index in [0.717, 1.165) is 16.7 Å². The highest BCUT2D eigenvalue weighted by Gasteiger charge is 2.37. The molecule has 0 aliphatic heterocycles. The number of aliphatic carboxylic acids is 1. The Kier molecular flexibility index (Phi) is 4.96. The maximum absolute atomic E-state index is 12.8. The summed E-state index contributed by atoms with van der Waals surface area (Å²) in [7, 11) is 0. The number of allylic oxidation sites excluding steroid dienone is 2. The first-order chi connectivity index (χ1) is 10.4. The molecular weight excluding hydrogens is 285 g/mol. The van der Waals surface area contributed by atoms with E-state index in [-0.39, 0.29) is 18.3 Å². The molecule has 1 aliphatic carbocycles. The predicted octanol–water partition coefficient (Wildman–Crippen LogP) is 2.89.